The van der Waals surface area contributed by atoms with E-state index in [1.807, 2.05) is 0 Å². The molecule has 0 bridgehead atoms. The molecule has 40 heavy (non-hydrogen) atoms. The van der Waals surface area contributed by atoms with Crippen molar-refractivity contribution >= 4 is 23.6 Å². The lowest BCUT2D eigenvalue weighted by molar-refractivity contribution is -0.848. The van der Waals surface area contributed by atoms with Crippen molar-refractivity contribution in [2.24, 2.45) is 5.73 Å². The average Bonchev–Trinajstić information content (AvgIpc) is 2.94. The van der Waals surface area contributed by atoms with E-state index < -0.39 is 11.8 Å². The third-order valence-corrected chi connectivity index (χ3v) is 6.41. The first-order valence-electron chi connectivity index (χ1n) is 14.9. The van der Waals surface area contributed by atoms with Crippen molar-refractivity contribution in [3.05, 3.63) is 5.21 Å². The summed E-state index contributed by atoms with van der Waals surface area (Å²) in [5, 5.41) is 38.3. The van der Waals surface area contributed by atoms with Crippen molar-refractivity contribution in [2.75, 3.05) is 45.8 Å². The Morgan fingerprint density at radius 2 is 1.12 bits per heavy atom. The van der Waals surface area contributed by atoms with Crippen LogP contribution in [0.1, 0.15) is 103 Å². The normalized spacial score (nSPS) is 11.6. The molecule has 0 aliphatic rings. The van der Waals surface area contributed by atoms with Crippen molar-refractivity contribution in [2.45, 2.75) is 103 Å². The molecular formula is C27H54N6O7. The lowest BCUT2D eigenvalue weighted by Crippen LogP contribution is -3.07. The Balaban J connectivity index is 3.74. The van der Waals surface area contributed by atoms with Crippen LogP contribution in [-0.2, 0) is 19.2 Å². The van der Waals surface area contributed by atoms with Gasteiger partial charge in [0, 0.05) is 51.9 Å². The molecule has 0 radical (unpaired) electrons. The van der Waals surface area contributed by atoms with Gasteiger partial charge in [-0.15, -0.1) is 0 Å². The van der Waals surface area contributed by atoms with Crippen LogP contribution >= 0.6 is 0 Å². The summed E-state index contributed by atoms with van der Waals surface area (Å²) in [5.74, 6) is -1.56. The van der Waals surface area contributed by atoms with E-state index in [-0.39, 0.29) is 55.7 Å². The molecule has 0 aromatic heterocycles. The van der Waals surface area contributed by atoms with E-state index in [0.717, 1.165) is 38.5 Å². The first-order chi connectivity index (χ1) is 19.2. The van der Waals surface area contributed by atoms with Gasteiger partial charge in [-0.1, -0.05) is 19.8 Å². The Bertz CT molecular complexity index is 698. The second-order valence-corrected chi connectivity index (χ2v) is 10.1. The zero-order valence-corrected chi connectivity index (χ0v) is 24.5. The van der Waals surface area contributed by atoms with Crippen molar-refractivity contribution in [3.63, 3.8) is 0 Å². The standard InChI is InChI=1S/C27H54N6O7/c1-2-3-9-20-31(38)21-12-8-19-30-25(35)14-16-27(37)33(40)23-11-5-7-18-29-24(34)13-15-26(36)32(39)22-10-4-6-17-28/h31,39-40H,2-23,28H2,1H3,(H,29,34)(H,30,35). The number of amides is 4. The number of hydrogen-bond acceptors (Lipinski definition) is 8. The Morgan fingerprint density at radius 3 is 1.60 bits per heavy atom. The van der Waals surface area contributed by atoms with Gasteiger partial charge in [-0.25, -0.2) is 10.1 Å². The maximum absolute atomic E-state index is 12.0. The minimum Gasteiger partial charge on any atom is -0.634 e. The molecule has 7 N–H and O–H groups in total. The summed E-state index contributed by atoms with van der Waals surface area (Å²) in [7, 11) is 0. The molecule has 1 atom stereocenters. The Hall–Kier alpha value is -2.32. The predicted octanol–water partition coefficient (Wildman–Crippen LogP) is 0.867. The maximum atomic E-state index is 12.0. The third-order valence-electron chi connectivity index (χ3n) is 6.41. The van der Waals surface area contributed by atoms with Crippen LogP contribution in [-0.4, -0.2) is 90.0 Å². The number of quaternary nitrogens is 1. The highest BCUT2D eigenvalue weighted by Crippen LogP contribution is 2.03. The number of nitrogens with two attached hydrogens (primary N) is 1. The largest absolute Gasteiger partial charge is 0.634 e. The zero-order chi connectivity index (χ0) is 30.0. The number of carbonyl (C=O) groups is 4. The highest BCUT2D eigenvalue weighted by molar-refractivity contribution is 5.83. The summed E-state index contributed by atoms with van der Waals surface area (Å²) in [6, 6.07) is 0. The zero-order valence-electron chi connectivity index (χ0n) is 24.5. The summed E-state index contributed by atoms with van der Waals surface area (Å²) < 4.78 is 0. The Labute approximate surface area is 239 Å². The van der Waals surface area contributed by atoms with Crippen LogP contribution in [0.5, 0.6) is 0 Å². The molecule has 0 fully saturated rings. The van der Waals surface area contributed by atoms with Gasteiger partial charge in [0.2, 0.25) is 23.6 Å². The average molecular weight is 575 g/mol. The fraction of sp³-hybridized carbons (Fsp3) is 0.852. The molecule has 0 aromatic rings. The number of carbonyl (C=O) groups excluding carboxylic acids is 4. The Morgan fingerprint density at radius 1 is 0.675 bits per heavy atom. The van der Waals surface area contributed by atoms with E-state index in [9.17, 15) is 34.8 Å². The SMILES string of the molecule is CCCCC[NH+]([O-])CCCCNC(=O)CCC(=O)N(O)CCCCCNC(=O)CCC(=O)N(O)CCCCCN. The molecule has 0 aliphatic carbocycles. The van der Waals surface area contributed by atoms with Gasteiger partial charge in [0.25, 0.3) is 0 Å². The minimum atomic E-state index is -0.525. The lowest BCUT2D eigenvalue weighted by Gasteiger charge is -2.22. The monoisotopic (exact) mass is 574 g/mol. The molecular weight excluding hydrogens is 520 g/mol. The molecule has 1 unspecified atom stereocenters. The summed E-state index contributed by atoms with van der Waals surface area (Å²) in [6.45, 7) is 5.05. The molecule has 0 spiro atoms. The van der Waals surface area contributed by atoms with Crippen molar-refractivity contribution in [1.82, 2.24) is 20.8 Å². The molecule has 0 aliphatic heterocycles. The smallest absolute Gasteiger partial charge is 0.246 e. The topological polar surface area (TPSA) is 193 Å². The maximum Gasteiger partial charge on any atom is 0.246 e. The molecule has 0 saturated heterocycles. The highest BCUT2D eigenvalue weighted by atomic mass is 16.5. The van der Waals surface area contributed by atoms with Crippen LogP contribution in [0, 0.1) is 5.21 Å². The molecule has 13 heteroatoms. The van der Waals surface area contributed by atoms with Crippen molar-refractivity contribution in [3.8, 4) is 0 Å². The number of rotatable bonds is 26. The minimum absolute atomic E-state index is 0.00993. The van der Waals surface area contributed by atoms with Crippen molar-refractivity contribution < 1.29 is 34.7 Å². The van der Waals surface area contributed by atoms with E-state index >= 15 is 0 Å². The summed E-state index contributed by atoms with van der Waals surface area (Å²) in [4.78, 5) is 47.7. The van der Waals surface area contributed by atoms with Crippen LogP contribution in [0.2, 0.25) is 0 Å². The molecule has 0 heterocycles. The number of hydroxylamine groups is 6. The van der Waals surface area contributed by atoms with Crippen LogP contribution in [0.25, 0.3) is 0 Å². The van der Waals surface area contributed by atoms with E-state index in [1.54, 1.807) is 0 Å². The van der Waals surface area contributed by atoms with Crippen LogP contribution < -0.4 is 21.4 Å². The van der Waals surface area contributed by atoms with Gasteiger partial charge in [-0.3, -0.25) is 29.6 Å². The van der Waals surface area contributed by atoms with Gasteiger partial charge in [0.15, 0.2) is 0 Å². The molecule has 0 saturated carbocycles. The van der Waals surface area contributed by atoms with E-state index in [4.69, 9.17) is 5.73 Å². The first-order valence-corrected chi connectivity index (χ1v) is 14.9. The number of hydrogen-bond donors (Lipinski definition) is 6. The second kappa shape index (κ2) is 25.6. The third kappa shape index (κ3) is 22.5. The van der Waals surface area contributed by atoms with Gasteiger partial charge >= 0.3 is 0 Å². The fourth-order valence-corrected chi connectivity index (χ4v) is 3.87. The predicted molar refractivity (Wildman–Crippen MR) is 151 cm³/mol. The van der Waals surface area contributed by atoms with Gasteiger partial charge in [-0.05, 0) is 64.3 Å². The van der Waals surface area contributed by atoms with Crippen molar-refractivity contribution in [1.29, 1.82) is 0 Å². The van der Waals surface area contributed by atoms with E-state index in [2.05, 4.69) is 17.6 Å². The van der Waals surface area contributed by atoms with Crippen LogP contribution in [0.3, 0.4) is 0 Å². The van der Waals surface area contributed by atoms with E-state index in [0.29, 0.717) is 75.0 Å². The van der Waals surface area contributed by atoms with Gasteiger partial charge in [0.1, 0.15) is 0 Å². The van der Waals surface area contributed by atoms with Crippen LogP contribution in [0.15, 0.2) is 0 Å². The van der Waals surface area contributed by atoms with Gasteiger partial charge in [-0.2, -0.15) is 0 Å². The fourth-order valence-electron chi connectivity index (χ4n) is 3.87. The molecule has 0 aromatic carbocycles. The molecule has 234 valence electrons. The van der Waals surface area contributed by atoms with E-state index in [1.165, 1.54) is 0 Å². The lowest BCUT2D eigenvalue weighted by atomic mass is 10.2. The quantitative estimate of drug-likeness (QED) is 0.0497. The van der Waals surface area contributed by atoms with Gasteiger partial charge < -0.3 is 26.6 Å². The second-order valence-electron chi connectivity index (χ2n) is 10.1. The highest BCUT2D eigenvalue weighted by Gasteiger charge is 2.14. The van der Waals surface area contributed by atoms with Gasteiger partial charge in [0.05, 0.1) is 13.1 Å². The number of unbranched alkanes of at least 4 members (excludes halogenated alkanes) is 7. The molecule has 0 rings (SSSR count). The summed E-state index contributed by atoms with van der Waals surface area (Å²) in [5.41, 5.74) is 5.40. The Kier molecular flexibility index (Phi) is 24.1. The first kappa shape index (κ1) is 37.7. The molecule has 4 amide bonds. The number of nitrogens with zero attached hydrogens (tertiary/aromatic N) is 2. The molecule has 13 nitrogen and oxygen atoms in total. The summed E-state index contributed by atoms with van der Waals surface area (Å²) >= 11 is 0. The summed E-state index contributed by atoms with van der Waals surface area (Å²) in [6.07, 6.45) is 8.51. The number of nitrogens with one attached hydrogen (secondary N) is 3. The van der Waals surface area contributed by atoms with Crippen LogP contribution in [0.4, 0.5) is 0 Å².